The van der Waals surface area contributed by atoms with Crippen molar-refractivity contribution in [3.05, 3.63) is 18.1 Å². The van der Waals surface area contributed by atoms with Gasteiger partial charge in [0.2, 0.25) is 5.88 Å². The maximum atomic E-state index is 5.49. The fourth-order valence-corrected chi connectivity index (χ4v) is 1.06. The van der Waals surface area contributed by atoms with Crippen molar-refractivity contribution in [2.45, 2.75) is 19.9 Å². The molecule has 0 saturated heterocycles. The van der Waals surface area contributed by atoms with Crippen LogP contribution in [0.2, 0.25) is 0 Å². The first-order valence-electron chi connectivity index (χ1n) is 5.09. The lowest BCUT2D eigenvalue weighted by atomic mass is 10.4. The van der Waals surface area contributed by atoms with E-state index in [0.717, 1.165) is 13.0 Å². The molecule has 0 saturated carbocycles. The van der Waals surface area contributed by atoms with Crippen LogP contribution in [0.15, 0.2) is 12.4 Å². The van der Waals surface area contributed by atoms with Crippen LogP contribution in [0.1, 0.15) is 19.0 Å². The van der Waals surface area contributed by atoms with Gasteiger partial charge in [-0.2, -0.15) is 0 Å². The summed E-state index contributed by atoms with van der Waals surface area (Å²) >= 11 is 0. The van der Waals surface area contributed by atoms with Crippen LogP contribution in [0, 0.1) is 0 Å². The Kier molecular flexibility index (Phi) is 5.65. The number of rotatable bonds is 7. The van der Waals surface area contributed by atoms with E-state index >= 15 is 0 Å². The van der Waals surface area contributed by atoms with Gasteiger partial charge in [0.1, 0.15) is 12.3 Å². The SMILES string of the molecule is CCCOCCOc1nccnc1CN. The number of hydrogen-bond donors (Lipinski definition) is 1. The molecule has 0 aliphatic carbocycles. The van der Waals surface area contributed by atoms with Crippen LogP contribution in [0.3, 0.4) is 0 Å². The average Bonchev–Trinajstić information content (AvgIpc) is 2.29. The minimum absolute atomic E-state index is 0.332. The van der Waals surface area contributed by atoms with Crippen LogP contribution in [0.4, 0.5) is 0 Å². The molecule has 0 bridgehead atoms. The second-order valence-electron chi connectivity index (χ2n) is 2.97. The van der Waals surface area contributed by atoms with Gasteiger partial charge in [-0.15, -0.1) is 0 Å². The highest BCUT2D eigenvalue weighted by Gasteiger charge is 2.03. The van der Waals surface area contributed by atoms with Crippen molar-refractivity contribution in [1.29, 1.82) is 0 Å². The van der Waals surface area contributed by atoms with Gasteiger partial charge in [-0.3, -0.25) is 4.98 Å². The predicted molar refractivity (Wildman–Crippen MR) is 56.5 cm³/mol. The highest BCUT2D eigenvalue weighted by molar-refractivity contribution is 5.16. The standard InChI is InChI=1S/C10H17N3O2/c1-2-5-14-6-7-15-10-9(8-11)12-3-4-13-10/h3-4H,2,5-8,11H2,1H3. The Balaban J connectivity index is 2.30. The Morgan fingerprint density at radius 1 is 1.20 bits per heavy atom. The minimum atomic E-state index is 0.332. The van der Waals surface area contributed by atoms with Crippen molar-refractivity contribution in [1.82, 2.24) is 9.97 Å². The molecule has 0 spiro atoms. The number of hydrogen-bond acceptors (Lipinski definition) is 5. The number of nitrogens with two attached hydrogens (primary N) is 1. The van der Waals surface area contributed by atoms with Crippen molar-refractivity contribution in [2.75, 3.05) is 19.8 Å². The van der Waals surface area contributed by atoms with E-state index in [1.165, 1.54) is 0 Å². The third-order valence-electron chi connectivity index (χ3n) is 1.74. The average molecular weight is 211 g/mol. The third kappa shape index (κ3) is 4.22. The van der Waals surface area contributed by atoms with Gasteiger partial charge < -0.3 is 15.2 Å². The Hall–Kier alpha value is -1.20. The predicted octanol–water partition coefficient (Wildman–Crippen LogP) is 0.741. The van der Waals surface area contributed by atoms with Crippen LogP contribution in [0.5, 0.6) is 5.88 Å². The first-order valence-corrected chi connectivity index (χ1v) is 5.09. The molecule has 0 atom stereocenters. The number of ether oxygens (including phenoxy) is 2. The summed E-state index contributed by atoms with van der Waals surface area (Å²) < 4.78 is 10.7. The van der Waals surface area contributed by atoms with Gasteiger partial charge in [0.05, 0.1) is 6.61 Å². The fourth-order valence-electron chi connectivity index (χ4n) is 1.06. The normalized spacial score (nSPS) is 10.3. The largest absolute Gasteiger partial charge is 0.474 e. The maximum Gasteiger partial charge on any atom is 0.237 e. The Morgan fingerprint density at radius 2 is 2.00 bits per heavy atom. The van der Waals surface area contributed by atoms with Crippen LogP contribution < -0.4 is 10.5 Å². The van der Waals surface area contributed by atoms with E-state index in [1.807, 2.05) is 0 Å². The van der Waals surface area contributed by atoms with Gasteiger partial charge in [-0.25, -0.2) is 4.98 Å². The molecule has 2 N–H and O–H groups in total. The van der Waals surface area contributed by atoms with Gasteiger partial charge in [-0.1, -0.05) is 6.92 Å². The molecule has 0 aliphatic rings. The molecule has 15 heavy (non-hydrogen) atoms. The monoisotopic (exact) mass is 211 g/mol. The second kappa shape index (κ2) is 7.14. The Labute approximate surface area is 89.6 Å². The van der Waals surface area contributed by atoms with Gasteiger partial charge in [0.25, 0.3) is 0 Å². The van der Waals surface area contributed by atoms with E-state index in [2.05, 4.69) is 16.9 Å². The molecule has 0 fully saturated rings. The van der Waals surface area contributed by atoms with Gasteiger partial charge >= 0.3 is 0 Å². The van der Waals surface area contributed by atoms with Crippen LogP contribution in [0.25, 0.3) is 0 Å². The molecule has 84 valence electrons. The molecular formula is C10H17N3O2. The van der Waals surface area contributed by atoms with Crippen molar-refractivity contribution < 1.29 is 9.47 Å². The molecular weight excluding hydrogens is 194 g/mol. The summed E-state index contributed by atoms with van der Waals surface area (Å²) in [4.78, 5) is 8.11. The molecule has 0 aromatic carbocycles. The van der Waals surface area contributed by atoms with Crippen LogP contribution >= 0.6 is 0 Å². The summed E-state index contributed by atoms with van der Waals surface area (Å²) in [5.74, 6) is 0.500. The van der Waals surface area contributed by atoms with Gasteiger partial charge in [0, 0.05) is 25.5 Å². The zero-order valence-electron chi connectivity index (χ0n) is 8.98. The van der Waals surface area contributed by atoms with Gasteiger partial charge in [0.15, 0.2) is 0 Å². The molecule has 1 rings (SSSR count). The number of aromatic nitrogens is 2. The van der Waals surface area contributed by atoms with E-state index in [9.17, 15) is 0 Å². The second-order valence-corrected chi connectivity index (χ2v) is 2.97. The first-order chi connectivity index (χ1) is 7.38. The molecule has 5 heteroatoms. The molecule has 1 aromatic rings. The zero-order valence-corrected chi connectivity index (χ0v) is 8.98. The summed E-state index contributed by atoms with van der Waals surface area (Å²) in [6.07, 6.45) is 4.20. The topological polar surface area (TPSA) is 70.3 Å². The van der Waals surface area contributed by atoms with E-state index in [-0.39, 0.29) is 0 Å². The Morgan fingerprint density at radius 3 is 2.73 bits per heavy atom. The van der Waals surface area contributed by atoms with Crippen molar-refractivity contribution in [3.63, 3.8) is 0 Å². The molecule has 0 radical (unpaired) electrons. The highest BCUT2D eigenvalue weighted by Crippen LogP contribution is 2.09. The quantitative estimate of drug-likeness (QED) is 0.674. The van der Waals surface area contributed by atoms with Crippen molar-refractivity contribution >= 4 is 0 Å². The summed E-state index contributed by atoms with van der Waals surface area (Å²) in [6.45, 7) is 4.20. The maximum absolute atomic E-state index is 5.49. The molecule has 0 unspecified atom stereocenters. The number of nitrogens with zero attached hydrogens (tertiary/aromatic N) is 2. The van der Waals surface area contributed by atoms with E-state index in [4.69, 9.17) is 15.2 Å². The smallest absolute Gasteiger partial charge is 0.237 e. The molecule has 1 heterocycles. The van der Waals surface area contributed by atoms with E-state index in [0.29, 0.717) is 31.3 Å². The summed E-state index contributed by atoms with van der Waals surface area (Å²) in [7, 11) is 0. The molecule has 0 amide bonds. The van der Waals surface area contributed by atoms with E-state index < -0.39 is 0 Å². The highest BCUT2D eigenvalue weighted by atomic mass is 16.5. The lowest BCUT2D eigenvalue weighted by molar-refractivity contribution is 0.0984. The summed E-state index contributed by atoms with van der Waals surface area (Å²) in [6, 6.07) is 0. The third-order valence-corrected chi connectivity index (χ3v) is 1.74. The lowest BCUT2D eigenvalue weighted by Crippen LogP contribution is -2.11. The molecule has 0 aliphatic heterocycles. The van der Waals surface area contributed by atoms with E-state index in [1.54, 1.807) is 12.4 Å². The lowest BCUT2D eigenvalue weighted by Gasteiger charge is -2.07. The summed E-state index contributed by atoms with van der Waals surface area (Å²) in [5, 5.41) is 0. The van der Waals surface area contributed by atoms with Crippen LogP contribution in [-0.4, -0.2) is 29.8 Å². The summed E-state index contributed by atoms with van der Waals surface area (Å²) in [5.41, 5.74) is 6.16. The molecule has 1 aromatic heterocycles. The van der Waals surface area contributed by atoms with Crippen LogP contribution in [-0.2, 0) is 11.3 Å². The van der Waals surface area contributed by atoms with Crippen molar-refractivity contribution in [3.8, 4) is 5.88 Å². The first kappa shape index (κ1) is 11.9. The van der Waals surface area contributed by atoms with Crippen molar-refractivity contribution in [2.24, 2.45) is 5.73 Å². The minimum Gasteiger partial charge on any atom is -0.474 e. The van der Waals surface area contributed by atoms with Gasteiger partial charge in [-0.05, 0) is 6.42 Å². The fraction of sp³-hybridized carbons (Fsp3) is 0.600. The molecule has 5 nitrogen and oxygen atoms in total. The Bertz CT molecular complexity index is 281. The zero-order chi connectivity index (χ0) is 10.9.